The zero-order chi connectivity index (χ0) is 20.2. The largest absolute Gasteiger partial charge is 0.489 e. The van der Waals surface area contributed by atoms with E-state index in [2.05, 4.69) is 0 Å². The van der Waals surface area contributed by atoms with Crippen LogP contribution in [0.4, 0.5) is 4.39 Å². The van der Waals surface area contributed by atoms with Gasteiger partial charge in [-0.05, 0) is 47.5 Å². The topological polar surface area (TPSA) is 54.6 Å². The molecule has 0 aliphatic heterocycles. The van der Waals surface area contributed by atoms with Crippen molar-refractivity contribution in [2.45, 2.75) is 18.8 Å². The van der Waals surface area contributed by atoms with Gasteiger partial charge in [0.25, 0.3) is 0 Å². The molecular weight excluding hydrogens is 369 g/mol. The van der Waals surface area contributed by atoms with Gasteiger partial charge in [0.2, 0.25) is 0 Å². The van der Waals surface area contributed by atoms with Crippen LogP contribution >= 0.6 is 0 Å². The Kier molecular flexibility index (Phi) is 5.60. The Balaban J connectivity index is 1.64. The molecule has 148 valence electrons. The molecule has 4 nitrogen and oxygen atoms in total. The van der Waals surface area contributed by atoms with E-state index in [1.165, 1.54) is 12.1 Å². The Morgan fingerprint density at radius 1 is 0.931 bits per heavy atom. The summed E-state index contributed by atoms with van der Waals surface area (Å²) in [4.78, 5) is 0. The summed E-state index contributed by atoms with van der Waals surface area (Å²) >= 11 is 0. The van der Waals surface area contributed by atoms with Crippen LogP contribution in [0.1, 0.15) is 17.2 Å². The maximum Gasteiger partial charge on any atom is 0.123 e. The molecular formula is C24H22FNO3. The summed E-state index contributed by atoms with van der Waals surface area (Å²) in [5.41, 5.74) is 2.54. The number of ether oxygens (including phenoxy) is 1. The minimum Gasteiger partial charge on any atom is -0.489 e. The third-order valence-electron chi connectivity index (χ3n) is 4.98. The highest BCUT2D eigenvalue weighted by atomic mass is 19.1. The van der Waals surface area contributed by atoms with E-state index in [0.29, 0.717) is 12.2 Å². The lowest BCUT2D eigenvalue weighted by molar-refractivity contribution is 0.0653. The Morgan fingerprint density at radius 3 is 2.52 bits per heavy atom. The zero-order valence-electron chi connectivity index (χ0n) is 15.8. The number of benzene rings is 3. The Labute approximate surface area is 168 Å². The van der Waals surface area contributed by atoms with Crippen molar-refractivity contribution in [2.75, 3.05) is 6.61 Å². The molecule has 0 spiro atoms. The van der Waals surface area contributed by atoms with Crippen molar-refractivity contribution in [2.24, 2.45) is 0 Å². The quantitative estimate of drug-likeness (QED) is 0.494. The van der Waals surface area contributed by atoms with Crippen molar-refractivity contribution >= 4 is 10.9 Å². The highest BCUT2D eigenvalue weighted by Crippen LogP contribution is 2.30. The van der Waals surface area contributed by atoms with E-state index in [1.807, 2.05) is 65.4 Å². The van der Waals surface area contributed by atoms with E-state index in [-0.39, 0.29) is 5.82 Å². The number of aromatic nitrogens is 1. The third kappa shape index (κ3) is 4.16. The minimum absolute atomic E-state index is 0.384. The highest BCUT2D eigenvalue weighted by molar-refractivity contribution is 5.82. The summed E-state index contributed by atoms with van der Waals surface area (Å²) in [5.74, 6) is 0.356. The minimum atomic E-state index is -1.07. The van der Waals surface area contributed by atoms with Crippen molar-refractivity contribution in [3.8, 4) is 5.75 Å². The van der Waals surface area contributed by atoms with Gasteiger partial charge in [0, 0.05) is 17.1 Å². The van der Waals surface area contributed by atoms with Crippen molar-refractivity contribution in [3.05, 3.63) is 102 Å². The van der Waals surface area contributed by atoms with Crippen LogP contribution < -0.4 is 4.74 Å². The summed E-state index contributed by atoms with van der Waals surface area (Å²) in [5, 5.41) is 20.9. The number of rotatable bonds is 7. The van der Waals surface area contributed by atoms with Gasteiger partial charge >= 0.3 is 0 Å². The standard InChI is InChI=1S/C24H22FNO3/c25-20-8-4-7-19(13-20)24(23(28)15-27)26-12-11-18-14-21(9-10-22(18)26)29-16-17-5-2-1-3-6-17/h1-14,23-24,27-28H,15-16H2/t23-,24+/m1/s1. The number of nitrogens with zero attached hydrogens (tertiary/aromatic N) is 1. The first-order valence-corrected chi connectivity index (χ1v) is 9.47. The first-order chi connectivity index (χ1) is 14.2. The molecule has 2 N–H and O–H groups in total. The molecule has 2 atom stereocenters. The van der Waals surface area contributed by atoms with Gasteiger partial charge in [0.05, 0.1) is 12.6 Å². The molecule has 4 aromatic rings. The van der Waals surface area contributed by atoms with Crippen molar-refractivity contribution < 1.29 is 19.3 Å². The molecule has 1 heterocycles. The normalized spacial score (nSPS) is 13.3. The van der Waals surface area contributed by atoms with E-state index in [4.69, 9.17) is 4.74 Å². The van der Waals surface area contributed by atoms with Crippen LogP contribution in [0.3, 0.4) is 0 Å². The average molecular weight is 391 g/mol. The first kappa shape index (κ1) is 19.2. The van der Waals surface area contributed by atoms with Gasteiger partial charge in [-0.3, -0.25) is 0 Å². The second-order valence-corrected chi connectivity index (χ2v) is 6.97. The Morgan fingerprint density at radius 2 is 1.76 bits per heavy atom. The Hall–Kier alpha value is -3.15. The maximum atomic E-state index is 13.8. The predicted octanol–water partition coefficient (Wildman–Crippen LogP) is 4.30. The summed E-state index contributed by atoms with van der Waals surface area (Å²) in [7, 11) is 0. The lowest BCUT2D eigenvalue weighted by Crippen LogP contribution is -2.28. The number of aliphatic hydroxyl groups excluding tert-OH is 2. The van der Waals surface area contributed by atoms with Gasteiger partial charge in [-0.25, -0.2) is 4.39 Å². The van der Waals surface area contributed by atoms with Crippen LogP contribution in [0, 0.1) is 5.82 Å². The van der Waals surface area contributed by atoms with Crippen LogP contribution in [-0.4, -0.2) is 27.5 Å². The summed E-state index contributed by atoms with van der Waals surface area (Å²) in [6.07, 6.45) is 0.765. The molecule has 1 aromatic heterocycles. The van der Waals surface area contributed by atoms with Crippen LogP contribution in [0.5, 0.6) is 5.75 Å². The monoisotopic (exact) mass is 391 g/mol. The predicted molar refractivity (Wildman–Crippen MR) is 110 cm³/mol. The summed E-state index contributed by atoms with van der Waals surface area (Å²) in [6, 6.07) is 23.0. The van der Waals surface area contributed by atoms with E-state index in [0.717, 1.165) is 22.2 Å². The fourth-order valence-corrected chi connectivity index (χ4v) is 3.57. The molecule has 0 unspecified atom stereocenters. The number of aliphatic hydroxyl groups is 2. The van der Waals surface area contributed by atoms with Crippen molar-refractivity contribution in [3.63, 3.8) is 0 Å². The fraction of sp³-hybridized carbons (Fsp3) is 0.167. The number of fused-ring (bicyclic) bond motifs is 1. The highest BCUT2D eigenvalue weighted by Gasteiger charge is 2.24. The smallest absolute Gasteiger partial charge is 0.123 e. The lowest BCUT2D eigenvalue weighted by atomic mass is 10.0. The van der Waals surface area contributed by atoms with Crippen molar-refractivity contribution in [1.29, 1.82) is 0 Å². The van der Waals surface area contributed by atoms with Crippen LogP contribution in [0.25, 0.3) is 10.9 Å². The molecule has 4 rings (SSSR count). The molecule has 0 radical (unpaired) electrons. The van der Waals surface area contributed by atoms with Gasteiger partial charge < -0.3 is 19.5 Å². The molecule has 0 saturated carbocycles. The van der Waals surface area contributed by atoms with Crippen molar-refractivity contribution in [1.82, 2.24) is 4.57 Å². The molecule has 5 heteroatoms. The van der Waals surface area contributed by atoms with E-state index < -0.39 is 18.8 Å². The van der Waals surface area contributed by atoms with E-state index in [9.17, 15) is 14.6 Å². The van der Waals surface area contributed by atoms with Gasteiger partial charge in [-0.1, -0.05) is 42.5 Å². The van der Waals surface area contributed by atoms with Gasteiger partial charge in [0.15, 0.2) is 0 Å². The second-order valence-electron chi connectivity index (χ2n) is 6.97. The van der Waals surface area contributed by atoms with Crippen LogP contribution in [-0.2, 0) is 6.61 Å². The van der Waals surface area contributed by atoms with Gasteiger partial charge in [0.1, 0.15) is 24.3 Å². The summed E-state index contributed by atoms with van der Waals surface area (Å²) < 4.78 is 21.5. The Bertz CT molecular complexity index is 1090. The lowest BCUT2D eigenvalue weighted by Gasteiger charge is -2.25. The summed E-state index contributed by atoms with van der Waals surface area (Å²) in [6.45, 7) is 0.0430. The van der Waals surface area contributed by atoms with Gasteiger partial charge in [-0.2, -0.15) is 0 Å². The molecule has 29 heavy (non-hydrogen) atoms. The first-order valence-electron chi connectivity index (χ1n) is 9.47. The van der Waals surface area contributed by atoms with Crippen LogP contribution in [0.2, 0.25) is 0 Å². The average Bonchev–Trinajstić information content (AvgIpc) is 3.16. The molecule has 0 aliphatic rings. The zero-order valence-corrected chi connectivity index (χ0v) is 15.8. The van der Waals surface area contributed by atoms with E-state index in [1.54, 1.807) is 12.1 Å². The maximum absolute atomic E-state index is 13.8. The molecule has 3 aromatic carbocycles. The second kappa shape index (κ2) is 8.47. The molecule has 0 aliphatic carbocycles. The molecule has 0 fully saturated rings. The molecule has 0 bridgehead atoms. The molecule has 0 amide bonds. The fourth-order valence-electron chi connectivity index (χ4n) is 3.57. The van der Waals surface area contributed by atoms with Crippen LogP contribution in [0.15, 0.2) is 85.1 Å². The number of hydrogen-bond acceptors (Lipinski definition) is 3. The number of halogens is 1. The SMILES string of the molecule is OC[C@@H](O)[C@H](c1cccc(F)c1)n1ccc2cc(OCc3ccccc3)ccc21. The third-order valence-corrected chi connectivity index (χ3v) is 4.98. The number of hydrogen-bond donors (Lipinski definition) is 2. The van der Waals surface area contributed by atoms with Gasteiger partial charge in [-0.15, -0.1) is 0 Å². The van der Waals surface area contributed by atoms with E-state index >= 15 is 0 Å². The molecule has 0 saturated heterocycles.